The van der Waals surface area contributed by atoms with E-state index in [0.717, 1.165) is 11.1 Å². The molecule has 0 aliphatic rings. The number of benzene rings is 1. The van der Waals surface area contributed by atoms with E-state index in [0.29, 0.717) is 0 Å². The Hall–Kier alpha value is -0.860. The lowest BCUT2D eigenvalue weighted by molar-refractivity contribution is 0.186. The summed E-state index contributed by atoms with van der Waals surface area (Å²) in [7, 11) is 0. The second kappa shape index (κ2) is 3.70. The predicted molar refractivity (Wildman–Crippen MR) is 49.9 cm³/mol. The van der Waals surface area contributed by atoms with Gasteiger partial charge in [-0.25, -0.2) is 0 Å². The van der Waals surface area contributed by atoms with Gasteiger partial charge in [0.1, 0.15) is 0 Å². The third-order valence-corrected chi connectivity index (χ3v) is 2.23. The maximum absolute atomic E-state index is 9.51. The van der Waals surface area contributed by atoms with E-state index >= 15 is 0 Å². The topological polar surface area (TPSA) is 46.2 Å². The number of hydrogen-bond acceptors (Lipinski definition) is 2. The molecule has 0 aromatic heterocycles. The van der Waals surface area contributed by atoms with Gasteiger partial charge in [-0.3, -0.25) is 0 Å². The van der Waals surface area contributed by atoms with Crippen LogP contribution in [0.1, 0.15) is 22.8 Å². The maximum Gasteiger partial charge on any atom is 0.0914 e. The zero-order chi connectivity index (χ0) is 9.14. The summed E-state index contributed by atoms with van der Waals surface area (Å²) in [5, 5.41) is 9.51. The van der Waals surface area contributed by atoms with E-state index < -0.39 is 6.10 Å². The van der Waals surface area contributed by atoms with Gasteiger partial charge in [-0.2, -0.15) is 0 Å². The Morgan fingerprint density at radius 3 is 2.67 bits per heavy atom. The Morgan fingerprint density at radius 1 is 1.42 bits per heavy atom. The summed E-state index contributed by atoms with van der Waals surface area (Å²) >= 11 is 0. The molecule has 66 valence electrons. The zero-order valence-corrected chi connectivity index (χ0v) is 7.54. The van der Waals surface area contributed by atoms with Crippen molar-refractivity contribution in [1.29, 1.82) is 0 Å². The summed E-state index contributed by atoms with van der Waals surface area (Å²) in [6, 6.07) is 5.89. The molecule has 0 spiro atoms. The average Bonchev–Trinajstić information content (AvgIpc) is 2.08. The van der Waals surface area contributed by atoms with Crippen molar-refractivity contribution < 1.29 is 5.11 Å². The monoisotopic (exact) mass is 165 g/mol. The highest BCUT2D eigenvalue weighted by molar-refractivity contribution is 5.34. The minimum Gasteiger partial charge on any atom is -0.387 e. The Balaban J connectivity index is 3.07. The van der Waals surface area contributed by atoms with E-state index in [9.17, 15) is 5.11 Å². The van der Waals surface area contributed by atoms with Crippen LogP contribution in [0.5, 0.6) is 0 Å². The van der Waals surface area contributed by atoms with Gasteiger partial charge in [-0.15, -0.1) is 0 Å². The van der Waals surface area contributed by atoms with Crippen LogP contribution in [0.15, 0.2) is 18.2 Å². The Bertz CT molecular complexity index is 271. The molecule has 0 aliphatic carbocycles. The van der Waals surface area contributed by atoms with Crippen LogP contribution in [0.25, 0.3) is 0 Å². The van der Waals surface area contributed by atoms with Crippen molar-refractivity contribution in [3.63, 3.8) is 0 Å². The third kappa shape index (κ3) is 1.65. The van der Waals surface area contributed by atoms with Gasteiger partial charge in [-0.05, 0) is 30.5 Å². The van der Waals surface area contributed by atoms with Crippen LogP contribution in [0.2, 0.25) is 0 Å². The largest absolute Gasteiger partial charge is 0.387 e. The van der Waals surface area contributed by atoms with E-state index in [1.807, 2.05) is 32.0 Å². The lowest BCUT2D eigenvalue weighted by atomic mass is 9.99. The standard InChI is InChI=1S/C10H15NO/c1-7-4-3-5-9(8(7)2)10(12)6-11/h3-5,10,12H,6,11H2,1-2H3/t10-/m0/s1. The highest BCUT2D eigenvalue weighted by Crippen LogP contribution is 2.18. The molecule has 0 saturated carbocycles. The van der Waals surface area contributed by atoms with Gasteiger partial charge in [-0.1, -0.05) is 18.2 Å². The minimum atomic E-state index is -0.523. The maximum atomic E-state index is 9.51. The van der Waals surface area contributed by atoms with E-state index in [1.165, 1.54) is 5.56 Å². The molecule has 0 amide bonds. The van der Waals surface area contributed by atoms with Crippen LogP contribution in [0.3, 0.4) is 0 Å². The van der Waals surface area contributed by atoms with Gasteiger partial charge in [0, 0.05) is 6.54 Å². The van der Waals surface area contributed by atoms with Gasteiger partial charge in [0.05, 0.1) is 6.10 Å². The van der Waals surface area contributed by atoms with Crippen LogP contribution < -0.4 is 5.73 Å². The molecule has 0 radical (unpaired) electrons. The quantitative estimate of drug-likeness (QED) is 0.693. The molecule has 1 atom stereocenters. The van der Waals surface area contributed by atoms with Crippen molar-refractivity contribution in [1.82, 2.24) is 0 Å². The van der Waals surface area contributed by atoms with Crippen LogP contribution in [-0.2, 0) is 0 Å². The molecule has 0 aliphatic heterocycles. The van der Waals surface area contributed by atoms with Gasteiger partial charge < -0.3 is 10.8 Å². The number of aryl methyl sites for hydroxylation is 1. The molecule has 12 heavy (non-hydrogen) atoms. The van der Waals surface area contributed by atoms with E-state index in [2.05, 4.69) is 0 Å². The van der Waals surface area contributed by atoms with Crippen molar-refractivity contribution >= 4 is 0 Å². The van der Waals surface area contributed by atoms with Crippen LogP contribution in [-0.4, -0.2) is 11.7 Å². The van der Waals surface area contributed by atoms with Crippen molar-refractivity contribution in [2.75, 3.05) is 6.54 Å². The first-order valence-electron chi connectivity index (χ1n) is 4.11. The summed E-state index contributed by atoms with van der Waals surface area (Å²) in [4.78, 5) is 0. The first kappa shape index (κ1) is 9.23. The van der Waals surface area contributed by atoms with Crippen molar-refractivity contribution in [2.24, 2.45) is 5.73 Å². The molecular formula is C10H15NO. The fourth-order valence-corrected chi connectivity index (χ4v) is 1.26. The van der Waals surface area contributed by atoms with E-state index in [-0.39, 0.29) is 6.54 Å². The smallest absolute Gasteiger partial charge is 0.0914 e. The van der Waals surface area contributed by atoms with Gasteiger partial charge in [0.15, 0.2) is 0 Å². The molecule has 0 fully saturated rings. The summed E-state index contributed by atoms with van der Waals surface area (Å²) in [5.41, 5.74) is 8.64. The zero-order valence-electron chi connectivity index (χ0n) is 7.54. The summed E-state index contributed by atoms with van der Waals surface area (Å²) < 4.78 is 0. The molecule has 2 heteroatoms. The van der Waals surface area contributed by atoms with Crippen molar-refractivity contribution in [2.45, 2.75) is 20.0 Å². The van der Waals surface area contributed by atoms with E-state index in [1.54, 1.807) is 0 Å². The molecule has 2 nitrogen and oxygen atoms in total. The average molecular weight is 165 g/mol. The fourth-order valence-electron chi connectivity index (χ4n) is 1.26. The summed E-state index contributed by atoms with van der Waals surface area (Å²) in [5.74, 6) is 0. The molecule has 0 heterocycles. The molecule has 0 saturated heterocycles. The molecule has 0 unspecified atom stereocenters. The lowest BCUT2D eigenvalue weighted by Crippen LogP contribution is -2.12. The van der Waals surface area contributed by atoms with Crippen LogP contribution in [0.4, 0.5) is 0 Å². The van der Waals surface area contributed by atoms with Crippen LogP contribution in [0, 0.1) is 13.8 Å². The van der Waals surface area contributed by atoms with Gasteiger partial charge in [0.2, 0.25) is 0 Å². The van der Waals surface area contributed by atoms with Gasteiger partial charge >= 0.3 is 0 Å². The number of aliphatic hydroxyl groups excluding tert-OH is 1. The molecule has 1 aromatic rings. The second-order valence-electron chi connectivity index (χ2n) is 3.04. The molecule has 1 aromatic carbocycles. The highest BCUT2D eigenvalue weighted by Gasteiger charge is 2.08. The van der Waals surface area contributed by atoms with Crippen LogP contribution >= 0.6 is 0 Å². The van der Waals surface area contributed by atoms with Gasteiger partial charge in [0.25, 0.3) is 0 Å². The first-order valence-corrected chi connectivity index (χ1v) is 4.11. The second-order valence-corrected chi connectivity index (χ2v) is 3.04. The molecular weight excluding hydrogens is 150 g/mol. The molecule has 1 rings (SSSR count). The van der Waals surface area contributed by atoms with E-state index in [4.69, 9.17) is 5.73 Å². The third-order valence-electron chi connectivity index (χ3n) is 2.23. The number of nitrogens with two attached hydrogens (primary N) is 1. The van der Waals surface area contributed by atoms with Crippen molar-refractivity contribution in [3.05, 3.63) is 34.9 Å². The summed E-state index contributed by atoms with van der Waals surface area (Å²) in [6.07, 6.45) is -0.523. The first-order chi connectivity index (χ1) is 5.66. The SMILES string of the molecule is Cc1cccc([C@@H](O)CN)c1C. The predicted octanol–water partition coefficient (Wildman–Crippen LogP) is 1.30. The molecule has 3 N–H and O–H groups in total. The Morgan fingerprint density at radius 2 is 2.08 bits per heavy atom. The molecule has 0 bridgehead atoms. The Kier molecular flexibility index (Phi) is 2.84. The highest BCUT2D eigenvalue weighted by atomic mass is 16.3. The number of hydrogen-bond donors (Lipinski definition) is 2. The minimum absolute atomic E-state index is 0.282. The normalized spacial score (nSPS) is 13.0. The fraction of sp³-hybridized carbons (Fsp3) is 0.400. The number of rotatable bonds is 2. The lowest BCUT2D eigenvalue weighted by Gasteiger charge is -2.12. The van der Waals surface area contributed by atoms with Crippen molar-refractivity contribution in [3.8, 4) is 0 Å². The Labute approximate surface area is 73.0 Å². The number of aliphatic hydroxyl groups is 1. The summed E-state index contributed by atoms with van der Waals surface area (Å²) in [6.45, 7) is 4.32.